The van der Waals surface area contributed by atoms with Gasteiger partial charge in [-0.1, -0.05) is 5.16 Å². The fraction of sp³-hybridized carbons (Fsp3) is 0.714. The molecule has 2 N–H and O–H groups in total. The highest BCUT2D eigenvalue weighted by atomic mass is 16.4. The molecule has 1 heterocycles. The molecule has 5 nitrogen and oxygen atoms in total. The number of piperidine rings is 1. The number of rotatable bonds is 1. The molecule has 2 aliphatic rings. The summed E-state index contributed by atoms with van der Waals surface area (Å²) in [7, 11) is 0. The largest absolute Gasteiger partial charge is 0.465 e. The van der Waals surface area contributed by atoms with Gasteiger partial charge in [0.15, 0.2) is 0 Å². The van der Waals surface area contributed by atoms with E-state index in [-0.39, 0.29) is 12.1 Å². The lowest BCUT2D eigenvalue weighted by Gasteiger charge is -2.20. The van der Waals surface area contributed by atoms with Crippen molar-refractivity contribution in [1.29, 1.82) is 0 Å². The molecule has 1 amide bonds. The van der Waals surface area contributed by atoms with E-state index in [9.17, 15) is 4.79 Å². The zero-order valence-corrected chi connectivity index (χ0v) is 6.42. The Kier molecular flexibility index (Phi) is 1.46. The average Bonchev–Trinajstić information content (AvgIpc) is 2.62. The van der Waals surface area contributed by atoms with Gasteiger partial charge in [0, 0.05) is 6.04 Å². The normalized spacial score (nSPS) is 38.7. The topological polar surface area (TPSA) is 73.1 Å². The molecule has 5 heteroatoms. The molecule has 3 atom stereocenters. The second-order valence-corrected chi connectivity index (χ2v) is 3.32. The van der Waals surface area contributed by atoms with E-state index in [1.165, 1.54) is 11.1 Å². The maximum atomic E-state index is 10.7. The Morgan fingerprint density at radius 3 is 2.92 bits per heavy atom. The van der Waals surface area contributed by atoms with Crippen molar-refractivity contribution in [1.82, 2.24) is 4.90 Å². The van der Waals surface area contributed by atoms with Crippen LogP contribution >= 0.6 is 0 Å². The first-order chi connectivity index (χ1) is 5.74. The van der Waals surface area contributed by atoms with Crippen LogP contribution in [0.4, 0.5) is 4.79 Å². The monoisotopic (exact) mass is 170 g/mol. The molecule has 1 aliphatic carbocycles. The summed E-state index contributed by atoms with van der Waals surface area (Å²) >= 11 is 0. The van der Waals surface area contributed by atoms with Gasteiger partial charge >= 0.3 is 6.09 Å². The van der Waals surface area contributed by atoms with Crippen LogP contribution in [0.15, 0.2) is 5.16 Å². The molecule has 0 bridgehead atoms. The van der Waals surface area contributed by atoms with Crippen molar-refractivity contribution in [2.24, 2.45) is 11.1 Å². The molecule has 1 aliphatic heterocycles. The second kappa shape index (κ2) is 2.36. The van der Waals surface area contributed by atoms with Crippen molar-refractivity contribution >= 4 is 12.3 Å². The molecule has 0 unspecified atom stereocenters. The van der Waals surface area contributed by atoms with Gasteiger partial charge < -0.3 is 10.3 Å². The molecule has 0 radical (unpaired) electrons. The molecule has 0 spiro atoms. The molecule has 2 fully saturated rings. The Morgan fingerprint density at radius 2 is 2.33 bits per heavy atom. The fourth-order valence-electron chi connectivity index (χ4n) is 1.99. The predicted molar refractivity (Wildman–Crippen MR) is 40.4 cm³/mol. The van der Waals surface area contributed by atoms with Crippen molar-refractivity contribution in [3.8, 4) is 0 Å². The number of likely N-dealkylation sites (tertiary alicyclic amines) is 1. The zero-order chi connectivity index (χ0) is 8.72. The van der Waals surface area contributed by atoms with Crippen molar-refractivity contribution in [2.75, 3.05) is 0 Å². The fourth-order valence-corrected chi connectivity index (χ4v) is 1.99. The Balaban J connectivity index is 2.10. The number of fused-ring (bicyclic) bond motifs is 1. The first-order valence-corrected chi connectivity index (χ1v) is 3.93. The van der Waals surface area contributed by atoms with Gasteiger partial charge in [-0.3, -0.25) is 4.90 Å². The van der Waals surface area contributed by atoms with Gasteiger partial charge in [0.05, 0.1) is 12.3 Å². The lowest BCUT2D eigenvalue weighted by atomic mass is 10.2. The Morgan fingerprint density at radius 1 is 1.58 bits per heavy atom. The van der Waals surface area contributed by atoms with Crippen LogP contribution in [0.5, 0.6) is 0 Å². The van der Waals surface area contributed by atoms with Gasteiger partial charge in [0.1, 0.15) is 0 Å². The van der Waals surface area contributed by atoms with Crippen LogP contribution in [0.2, 0.25) is 0 Å². The summed E-state index contributed by atoms with van der Waals surface area (Å²) in [4.78, 5) is 12.1. The minimum Gasteiger partial charge on any atom is -0.465 e. The maximum Gasteiger partial charge on any atom is 0.408 e. The van der Waals surface area contributed by atoms with E-state index in [1.54, 1.807) is 0 Å². The van der Waals surface area contributed by atoms with Gasteiger partial charge in [-0.25, -0.2) is 4.79 Å². The van der Waals surface area contributed by atoms with Gasteiger partial charge in [-0.15, -0.1) is 0 Å². The van der Waals surface area contributed by atoms with E-state index in [0.29, 0.717) is 5.92 Å². The minimum atomic E-state index is -0.912. The quantitative estimate of drug-likeness (QED) is 0.343. The summed E-state index contributed by atoms with van der Waals surface area (Å²) in [5, 5.41) is 19.9. The van der Waals surface area contributed by atoms with E-state index in [4.69, 9.17) is 10.3 Å². The van der Waals surface area contributed by atoms with Crippen LogP contribution in [-0.2, 0) is 0 Å². The SMILES string of the molecule is O=C(O)N1[C@@H]2C[C@@H]2C[C@@H]1C=NO. The van der Waals surface area contributed by atoms with Crippen molar-refractivity contribution in [3.05, 3.63) is 0 Å². The number of amides is 1. The van der Waals surface area contributed by atoms with Crippen LogP contribution in [0.3, 0.4) is 0 Å². The van der Waals surface area contributed by atoms with Crippen LogP contribution in [0.1, 0.15) is 12.8 Å². The van der Waals surface area contributed by atoms with E-state index >= 15 is 0 Å². The number of oxime groups is 1. The lowest BCUT2D eigenvalue weighted by Crippen LogP contribution is -2.38. The van der Waals surface area contributed by atoms with Gasteiger partial charge in [-0.2, -0.15) is 0 Å². The second-order valence-electron chi connectivity index (χ2n) is 3.32. The Labute approximate surface area is 69.3 Å². The summed E-state index contributed by atoms with van der Waals surface area (Å²) in [5.74, 6) is 0.504. The summed E-state index contributed by atoms with van der Waals surface area (Å²) in [5.41, 5.74) is 0. The van der Waals surface area contributed by atoms with Crippen LogP contribution in [-0.4, -0.2) is 39.6 Å². The average molecular weight is 170 g/mol. The molecule has 66 valence electrons. The molecule has 0 aromatic heterocycles. The van der Waals surface area contributed by atoms with Crippen molar-refractivity contribution < 1.29 is 15.1 Å². The summed E-state index contributed by atoms with van der Waals surface area (Å²) in [6.45, 7) is 0. The van der Waals surface area contributed by atoms with Crippen LogP contribution < -0.4 is 0 Å². The van der Waals surface area contributed by atoms with Gasteiger partial charge in [0.25, 0.3) is 0 Å². The maximum absolute atomic E-state index is 10.7. The third kappa shape index (κ3) is 0.929. The van der Waals surface area contributed by atoms with E-state index in [2.05, 4.69) is 5.16 Å². The molecular weight excluding hydrogens is 160 g/mol. The summed E-state index contributed by atoms with van der Waals surface area (Å²) < 4.78 is 0. The van der Waals surface area contributed by atoms with E-state index in [0.717, 1.165) is 12.8 Å². The summed E-state index contributed by atoms with van der Waals surface area (Å²) in [6, 6.07) is -0.0262. The molecule has 12 heavy (non-hydrogen) atoms. The van der Waals surface area contributed by atoms with Gasteiger partial charge in [-0.05, 0) is 18.8 Å². The zero-order valence-electron chi connectivity index (χ0n) is 6.42. The first-order valence-electron chi connectivity index (χ1n) is 3.93. The third-order valence-corrected chi connectivity index (χ3v) is 2.60. The highest BCUT2D eigenvalue weighted by Crippen LogP contribution is 2.47. The number of hydrogen-bond acceptors (Lipinski definition) is 3. The van der Waals surface area contributed by atoms with Crippen LogP contribution in [0, 0.1) is 5.92 Å². The molecular formula is C7H10N2O3. The van der Waals surface area contributed by atoms with Crippen LogP contribution in [0.25, 0.3) is 0 Å². The van der Waals surface area contributed by atoms with E-state index < -0.39 is 6.09 Å². The minimum absolute atomic E-state index is 0.186. The molecule has 1 saturated heterocycles. The molecule has 0 aromatic carbocycles. The number of nitrogens with zero attached hydrogens (tertiary/aromatic N) is 2. The van der Waals surface area contributed by atoms with Gasteiger partial charge in [0.2, 0.25) is 0 Å². The molecule has 1 saturated carbocycles. The number of carboxylic acid groups (broad SMARTS) is 1. The summed E-state index contributed by atoms with van der Waals surface area (Å²) in [6.07, 6.45) is 2.16. The third-order valence-electron chi connectivity index (χ3n) is 2.60. The highest BCUT2D eigenvalue weighted by Gasteiger charge is 2.53. The lowest BCUT2D eigenvalue weighted by molar-refractivity contribution is 0.142. The number of carbonyl (C=O) groups is 1. The van der Waals surface area contributed by atoms with Crippen molar-refractivity contribution in [3.63, 3.8) is 0 Å². The molecule has 2 rings (SSSR count). The number of hydrogen-bond donors (Lipinski definition) is 2. The van der Waals surface area contributed by atoms with Crippen molar-refractivity contribution in [2.45, 2.75) is 24.9 Å². The first kappa shape index (κ1) is 7.39. The standard InChI is InChI=1S/C7H10N2O3/c10-7(11)9-5(3-8-12)1-4-2-6(4)9/h3-6,12H,1-2H2,(H,10,11)/t4-,5+,6+/m0/s1. The predicted octanol–water partition coefficient (Wildman–Crippen LogP) is 0.587. The highest BCUT2D eigenvalue weighted by molar-refractivity contribution is 5.76. The smallest absolute Gasteiger partial charge is 0.408 e. The van der Waals surface area contributed by atoms with E-state index in [1.807, 2.05) is 0 Å². The molecule has 0 aromatic rings. The Bertz CT molecular complexity index is 241. The Hall–Kier alpha value is -1.26.